The Balaban J connectivity index is 1.91. The normalized spacial score (nSPS) is 15.1. The first-order valence-electron chi connectivity index (χ1n) is 5.80. The van der Waals surface area contributed by atoms with Crippen molar-refractivity contribution < 1.29 is 0 Å². The fraction of sp³-hybridized carbons (Fsp3) is 0.417. The molecule has 0 atom stereocenters. The molecule has 0 aromatic carbocycles. The molecule has 1 fully saturated rings. The van der Waals surface area contributed by atoms with Crippen LogP contribution in [0, 0.1) is 11.7 Å². The molecule has 3 rings (SSSR count). The summed E-state index contributed by atoms with van der Waals surface area (Å²) in [6.07, 6.45) is 4.36. The van der Waals surface area contributed by atoms with E-state index in [1.807, 2.05) is 19.2 Å². The highest BCUT2D eigenvalue weighted by molar-refractivity contribution is 7.71. The minimum Gasteiger partial charge on any atom is -0.299 e. The average Bonchev–Trinajstić information content (AvgIpc) is 3.10. The molecule has 2 heterocycles. The Hall–Kier alpha value is -1.49. The molecule has 1 saturated carbocycles. The van der Waals surface area contributed by atoms with Crippen LogP contribution >= 0.6 is 12.2 Å². The molecule has 0 amide bonds. The third-order valence-corrected chi connectivity index (χ3v) is 3.36. The molecule has 0 bridgehead atoms. The van der Waals surface area contributed by atoms with Crippen LogP contribution in [0.2, 0.25) is 0 Å². The van der Waals surface area contributed by atoms with Crippen molar-refractivity contribution in [3.63, 3.8) is 0 Å². The molecule has 2 aromatic rings. The molecule has 1 aliphatic rings. The van der Waals surface area contributed by atoms with Crippen molar-refractivity contribution in [2.75, 3.05) is 0 Å². The first-order valence-corrected chi connectivity index (χ1v) is 6.21. The van der Waals surface area contributed by atoms with Crippen molar-refractivity contribution in [1.82, 2.24) is 19.7 Å². The number of aromatic amines is 1. The van der Waals surface area contributed by atoms with E-state index < -0.39 is 0 Å². The van der Waals surface area contributed by atoms with Gasteiger partial charge in [0.1, 0.15) is 5.82 Å². The molecule has 0 unspecified atom stereocenters. The average molecular weight is 246 g/mol. The number of aryl methyl sites for hydroxylation is 1. The van der Waals surface area contributed by atoms with Gasteiger partial charge in [0, 0.05) is 17.8 Å². The van der Waals surface area contributed by atoms with Gasteiger partial charge in [0.05, 0.1) is 6.54 Å². The molecule has 2 aromatic heterocycles. The van der Waals surface area contributed by atoms with E-state index in [1.165, 1.54) is 12.8 Å². The molecule has 0 spiro atoms. The molecule has 88 valence electrons. The van der Waals surface area contributed by atoms with Crippen LogP contribution in [0.25, 0.3) is 0 Å². The predicted octanol–water partition coefficient (Wildman–Crippen LogP) is 2.57. The summed E-state index contributed by atoms with van der Waals surface area (Å²) < 4.78 is 2.78. The van der Waals surface area contributed by atoms with Crippen molar-refractivity contribution in [3.05, 3.63) is 40.2 Å². The van der Waals surface area contributed by atoms with E-state index in [0.29, 0.717) is 10.7 Å². The highest BCUT2D eigenvalue weighted by Gasteiger charge is 2.28. The van der Waals surface area contributed by atoms with Crippen molar-refractivity contribution in [3.8, 4) is 0 Å². The van der Waals surface area contributed by atoms with Gasteiger partial charge in [-0.15, -0.1) is 0 Å². The standard InChI is InChI=1S/C12H14N4S/c1-8-2-3-9(6-13-8)7-16-11(10-4-5-10)14-15-12(16)17/h2-3,6,10H,4-5,7H2,1H3,(H,15,17). The van der Waals surface area contributed by atoms with Crippen LogP contribution in [0.15, 0.2) is 18.3 Å². The number of hydrogen-bond donors (Lipinski definition) is 1. The third-order valence-electron chi connectivity index (χ3n) is 3.04. The Morgan fingerprint density at radius 3 is 2.94 bits per heavy atom. The van der Waals surface area contributed by atoms with E-state index in [1.54, 1.807) is 0 Å². The predicted molar refractivity (Wildman–Crippen MR) is 67.5 cm³/mol. The number of rotatable bonds is 3. The summed E-state index contributed by atoms with van der Waals surface area (Å²) in [4.78, 5) is 4.30. The van der Waals surface area contributed by atoms with Crippen molar-refractivity contribution in [1.29, 1.82) is 0 Å². The maximum Gasteiger partial charge on any atom is 0.195 e. The molecule has 0 aliphatic heterocycles. The van der Waals surface area contributed by atoms with Crippen molar-refractivity contribution in [2.24, 2.45) is 0 Å². The van der Waals surface area contributed by atoms with Gasteiger partial charge >= 0.3 is 0 Å². The van der Waals surface area contributed by atoms with Gasteiger partial charge in [-0.25, -0.2) is 0 Å². The monoisotopic (exact) mass is 246 g/mol. The van der Waals surface area contributed by atoms with Crippen LogP contribution in [0.5, 0.6) is 0 Å². The summed E-state index contributed by atoms with van der Waals surface area (Å²) in [5.41, 5.74) is 2.20. The molecule has 4 nitrogen and oxygen atoms in total. The summed E-state index contributed by atoms with van der Waals surface area (Å²) >= 11 is 5.27. The fourth-order valence-corrected chi connectivity index (χ4v) is 2.11. The van der Waals surface area contributed by atoms with Gasteiger partial charge in [-0.3, -0.25) is 14.6 Å². The van der Waals surface area contributed by atoms with Gasteiger partial charge in [0.25, 0.3) is 0 Å². The minimum absolute atomic E-state index is 0.598. The summed E-state index contributed by atoms with van der Waals surface area (Å²) in [6.45, 7) is 2.75. The lowest BCUT2D eigenvalue weighted by Crippen LogP contribution is -2.05. The van der Waals surface area contributed by atoms with E-state index in [0.717, 1.165) is 23.6 Å². The SMILES string of the molecule is Cc1ccc(Cn2c(C3CC3)n[nH]c2=S)cn1. The summed E-state index contributed by atoms with van der Waals surface area (Å²) in [7, 11) is 0. The molecular weight excluding hydrogens is 232 g/mol. The second kappa shape index (κ2) is 4.07. The highest BCUT2D eigenvalue weighted by Crippen LogP contribution is 2.38. The molecule has 1 aliphatic carbocycles. The van der Waals surface area contributed by atoms with Crippen molar-refractivity contribution in [2.45, 2.75) is 32.2 Å². The first-order chi connectivity index (χ1) is 8.24. The molecule has 0 radical (unpaired) electrons. The Labute approximate surface area is 105 Å². The number of nitrogens with one attached hydrogen (secondary N) is 1. The van der Waals surface area contributed by atoms with Crippen LogP contribution in [0.1, 0.15) is 35.8 Å². The molecule has 5 heteroatoms. The van der Waals surface area contributed by atoms with Gasteiger partial charge in [-0.05, 0) is 43.6 Å². The zero-order valence-electron chi connectivity index (χ0n) is 9.68. The van der Waals surface area contributed by atoms with Crippen molar-refractivity contribution >= 4 is 12.2 Å². The lowest BCUT2D eigenvalue weighted by Gasteiger charge is -2.06. The summed E-state index contributed by atoms with van der Waals surface area (Å²) in [5, 5.41) is 7.20. The molecule has 17 heavy (non-hydrogen) atoms. The van der Waals surface area contributed by atoms with Gasteiger partial charge in [-0.2, -0.15) is 5.10 Å². The second-order valence-electron chi connectivity index (χ2n) is 4.56. The van der Waals surface area contributed by atoms with E-state index in [2.05, 4.69) is 25.8 Å². The van der Waals surface area contributed by atoms with Gasteiger partial charge in [0.2, 0.25) is 0 Å². The second-order valence-corrected chi connectivity index (χ2v) is 4.94. The largest absolute Gasteiger partial charge is 0.299 e. The molecular formula is C12H14N4S. The third kappa shape index (κ3) is 2.15. The number of pyridine rings is 1. The Morgan fingerprint density at radius 1 is 1.47 bits per heavy atom. The van der Waals surface area contributed by atoms with Gasteiger partial charge in [0.15, 0.2) is 4.77 Å². The topological polar surface area (TPSA) is 46.5 Å². The lowest BCUT2D eigenvalue weighted by molar-refractivity contribution is 0.716. The number of nitrogens with zero attached hydrogens (tertiary/aromatic N) is 3. The zero-order chi connectivity index (χ0) is 11.8. The first kappa shape index (κ1) is 10.7. The van der Waals surface area contributed by atoms with Crippen LogP contribution in [-0.2, 0) is 6.54 Å². The quantitative estimate of drug-likeness (QED) is 0.847. The smallest absolute Gasteiger partial charge is 0.195 e. The Bertz CT molecular complexity index is 577. The Morgan fingerprint density at radius 2 is 2.29 bits per heavy atom. The number of H-pyrrole nitrogens is 1. The van der Waals surface area contributed by atoms with E-state index in [9.17, 15) is 0 Å². The van der Waals surface area contributed by atoms with E-state index >= 15 is 0 Å². The number of hydrogen-bond acceptors (Lipinski definition) is 3. The summed E-state index contributed by atoms with van der Waals surface area (Å²) in [5.74, 6) is 1.69. The molecule has 0 saturated heterocycles. The Kier molecular flexibility index (Phi) is 2.55. The lowest BCUT2D eigenvalue weighted by atomic mass is 10.2. The highest BCUT2D eigenvalue weighted by atomic mass is 32.1. The van der Waals surface area contributed by atoms with Crippen LogP contribution in [-0.4, -0.2) is 19.7 Å². The fourth-order valence-electron chi connectivity index (χ4n) is 1.91. The van der Waals surface area contributed by atoms with Gasteiger partial charge < -0.3 is 0 Å². The zero-order valence-corrected chi connectivity index (χ0v) is 10.5. The van der Waals surface area contributed by atoms with Crippen LogP contribution in [0.3, 0.4) is 0 Å². The minimum atomic E-state index is 0.598. The maximum atomic E-state index is 5.27. The van der Waals surface area contributed by atoms with Crippen LogP contribution < -0.4 is 0 Å². The maximum absolute atomic E-state index is 5.27. The number of aromatic nitrogens is 4. The molecule has 1 N–H and O–H groups in total. The van der Waals surface area contributed by atoms with Gasteiger partial charge in [-0.1, -0.05) is 6.07 Å². The van der Waals surface area contributed by atoms with Crippen LogP contribution in [0.4, 0.5) is 0 Å². The van der Waals surface area contributed by atoms with E-state index in [4.69, 9.17) is 12.2 Å². The van der Waals surface area contributed by atoms with E-state index in [-0.39, 0.29) is 0 Å². The summed E-state index contributed by atoms with van der Waals surface area (Å²) in [6, 6.07) is 4.11.